The number of hydrogen-bond donors (Lipinski definition) is 1. The van der Waals surface area contributed by atoms with Crippen molar-refractivity contribution < 1.29 is 22.7 Å². The molecule has 3 aromatic rings. The largest absolute Gasteiger partial charge is 0.497 e. The van der Waals surface area contributed by atoms with Gasteiger partial charge in [0.2, 0.25) is 11.8 Å². The van der Waals surface area contributed by atoms with Crippen LogP contribution in [0.25, 0.3) is 0 Å². The van der Waals surface area contributed by atoms with E-state index in [1.165, 1.54) is 48.4 Å². The standard InChI is InChI=1S/C27H28Cl3N3O5S/c1-4-31-27(35)18(2)32(16-23-24(29)9-6-10-25(23)30)26(34)17-33(20-8-5-7-19(28)15-20)39(36,37)22-13-11-21(38-3)12-14-22/h5-15,18H,4,16-17H2,1-3H3,(H,31,35). The van der Waals surface area contributed by atoms with E-state index in [1.807, 2.05) is 0 Å². The van der Waals surface area contributed by atoms with Crippen LogP contribution in [0.1, 0.15) is 19.4 Å². The molecule has 0 heterocycles. The number of ether oxygens (including phenoxy) is 1. The lowest BCUT2D eigenvalue weighted by atomic mass is 10.1. The Kier molecular flexibility index (Phi) is 10.5. The molecule has 208 valence electrons. The first-order chi connectivity index (χ1) is 18.5. The van der Waals surface area contributed by atoms with Crippen LogP contribution < -0.4 is 14.4 Å². The van der Waals surface area contributed by atoms with Crippen molar-refractivity contribution in [2.24, 2.45) is 0 Å². The molecule has 1 N–H and O–H groups in total. The van der Waals surface area contributed by atoms with Crippen molar-refractivity contribution in [3.05, 3.63) is 87.4 Å². The molecular weight excluding hydrogens is 585 g/mol. The lowest BCUT2D eigenvalue weighted by Crippen LogP contribution is -2.51. The molecule has 0 saturated heterocycles. The third kappa shape index (κ3) is 7.36. The number of carbonyl (C=O) groups excluding carboxylic acids is 2. The van der Waals surface area contributed by atoms with Gasteiger partial charge in [0.15, 0.2) is 0 Å². The highest BCUT2D eigenvalue weighted by Crippen LogP contribution is 2.29. The van der Waals surface area contributed by atoms with Crippen molar-refractivity contribution in [1.29, 1.82) is 0 Å². The maximum absolute atomic E-state index is 13.9. The molecule has 0 bridgehead atoms. The Balaban J connectivity index is 2.07. The zero-order chi connectivity index (χ0) is 28.7. The number of sulfonamides is 1. The van der Waals surface area contributed by atoms with Crippen molar-refractivity contribution in [2.75, 3.05) is 24.5 Å². The van der Waals surface area contributed by atoms with Gasteiger partial charge >= 0.3 is 0 Å². The van der Waals surface area contributed by atoms with E-state index in [0.29, 0.717) is 27.9 Å². The van der Waals surface area contributed by atoms with Crippen LogP contribution in [0.15, 0.2) is 71.6 Å². The Labute approximate surface area is 243 Å². The zero-order valence-corrected chi connectivity index (χ0v) is 24.6. The maximum Gasteiger partial charge on any atom is 0.264 e. The highest BCUT2D eigenvalue weighted by molar-refractivity contribution is 7.92. The number of amides is 2. The number of halogens is 3. The summed E-state index contributed by atoms with van der Waals surface area (Å²) in [4.78, 5) is 27.9. The number of likely N-dealkylation sites (N-methyl/N-ethyl adjacent to an activating group) is 1. The number of nitrogens with zero attached hydrogens (tertiary/aromatic N) is 2. The van der Waals surface area contributed by atoms with Crippen molar-refractivity contribution in [1.82, 2.24) is 10.2 Å². The number of carbonyl (C=O) groups is 2. The van der Waals surface area contributed by atoms with Crippen molar-refractivity contribution >= 4 is 62.3 Å². The summed E-state index contributed by atoms with van der Waals surface area (Å²) in [7, 11) is -2.78. The van der Waals surface area contributed by atoms with Crippen LogP contribution in [0.4, 0.5) is 5.69 Å². The van der Waals surface area contributed by atoms with Gasteiger partial charge in [0.1, 0.15) is 18.3 Å². The number of methoxy groups -OCH3 is 1. The van der Waals surface area contributed by atoms with Crippen LogP contribution in [-0.4, -0.2) is 51.4 Å². The molecule has 0 saturated carbocycles. The van der Waals surface area contributed by atoms with Gasteiger partial charge in [0.25, 0.3) is 10.0 Å². The fraction of sp³-hybridized carbons (Fsp3) is 0.259. The van der Waals surface area contributed by atoms with E-state index in [-0.39, 0.29) is 22.2 Å². The van der Waals surface area contributed by atoms with Crippen LogP contribution in [0.3, 0.4) is 0 Å². The van der Waals surface area contributed by atoms with Crippen molar-refractivity contribution in [3.63, 3.8) is 0 Å². The second kappa shape index (κ2) is 13.4. The Morgan fingerprint density at radius 2 is 1.59 bits per heavy atom. The van der Waals surface area contributed by atoms with E-state index < -0.39 is 34.4 Å². The lowest BCUT2D eigenvalue weighted by Gasteiger charge is -2.32. The molecule has 0 radical (unpaired) electrons. The second-order valence-electron chi connectivity index (χ2n) is 8.46. The highest BCUT2D eigenvalue weighted by Gasteiger charge is 2.33. The molecule has 0 spiro atoms. The molecule has 2 amide bonds. The van der Waals surface area contributed by atoms with E-state index in [0.717, 1.165) is 4.31 Å². The number of hydrogen-bond acceptors (Lipinski definition) is 5. The fourth-order valence-electron chi connectivity index (χ4n) is 3.79. The Morgan fingerprint density at radius 1 is 0.974 bits per heavy atom. The first-order valence-corrected chi connectivity index (χ1v) is 14.5. The Bertz CT molecular complexity index is 1410. The summed E-state index contributed by atoms with van der Waals surface area (Å²) in [6.07, 6.45) is 0. The molecule has 0 aromatic heterocycles. The second-order valence-corrected chi connectivity index (χ2v) is 11.6. The van der Waals surface area contributed by atoms with Crippen LogP contribution in [0.5, 0.6) is 5.75 Å². The molecule has 3 rings (SSSR count). The molecule has 0 fully saturated rings. The fourth-order valence-corrected chi connectivity index (χ4v) is 5.90. The third-order valence-electron chi connectivity index (χ3n) is 5.93. The maximum atomic E-state index is 13.9. The van der Waals surface area contributed by atoms with Crippen molar-refractivity contribution in [3.8, 4) is 5.75 Å². The van der Waals surface area contributed by atoms with E-state index >= 15 is 0 Å². The van der Waals surface area contributed by atoms with Gasteiger partial charge in [-0.25, -0.2) is 8.42 Å². The van der Waals surface area contributed by atoms with E-state index in [2.05, 4.69) is 5.32 Å². The lowest BCUT2D eigenvalue weighted by molar-refractivity contribution is -0.139. The van der Waals surface area contributed by atoms with Crippen LogP contribution in [-0.2, 0) is 26.2 Å². The molecule has 8 nitrogen and oxygen atoms in total. The number of anilines is 1. The summed E-state index contributed by atoms with van der Waals surface area (Å²) in [6.45, 7) is 2.90. The normalized spacial score (nSPS) is 11.9. The van der Waals surface area contributed by atoms with Gasteiger partial charge in [-0.2, -0.15) is 0 Å². The summed E-state index contributed by atoms with van der Waals surface area (Å²) in [6, 6.07) is 15.9. The molecular formula is C27H28Cl3N3O5S. The average molecular weight is 613 g/mol. The van der Waals surface area contributed by atoms with Gasteiger partial charge in [0.05, 0.1) is 17.7 Å². The van der Waals surface area contributed by atoms with E-state index in [4.69, 9.17) is 39.5 Å². The van der Waals surface area contributed by atoms with Crippen LogP contribution in [0, 0.1) is 0 Å². The number of rotatable bonds is 11. The molecule has 12 heteroatoms. The average Bonchev–Trinajstić information content (AvgIpc) is 2.91. The third-order valence-corrected chi connectivity index (χ3v) is 8.66. The number of nitrogens with one attached hydrogen (secondary N) is 1. The van der Waals surface area contributed by atoms with Gasteiger partial charge in [0, 0.05) is 33.7 Å². The predicted molar refractivity (Wildman–Crippen MR) is 154 cm³/mol. The predicted octanol–water partition coefficient (Wildman–Crippen LogP) is 5.40. The molecule has 1 atom stereocenters. The molecule has 0 aliphatic carbocycles. The van der Waals surface area contributed by atoms with Gasteiger partial charge in [-0.05, 0) is 68.4 Å². The quantitative estimate of drug-likeness (QED) is 0.313. The SMILES string of the molecule is CCNC(=O)C(C)N(Cc1c(Cl)cccc1Cl)C(=O)CN(c1cccc(Cl)c1)S(=O)(=O)c1ccc(OC)cc1. The van der Waals surface area contributed by atoms with Crippen molar-refractivity contribution in [2.45, 2.75) is 31.3 Å². The molecule has 0 aliphatic heterocycles. The smallest absolute Gasteiger partial charge is 0.264 e. The minimum atomic E-state index is -4.25. The monoisotopic (exact) mass is 611 g/mol. The van der Waals surface area contributed by atoms with Crippen LogP contribution in [0.2, 0.25) is 15.1 Å². The first kappa shape index (κ1) is 30.6. The highest BCUT2D eigenvalue weighted by atomic mass is 35.5. The summed E-state index contributed by atoms with van der Waals surface area (Å²) in [5.41, 5.74) is 0.603. The van der Waals surface area contributed by atoms with E-state index in [1.54, 1.807) is 44.2 Å². The number of benzene rings is 3. The first-order valence-electron chi connectivity index (χ1n) is 11.9. The van der Waals surface area contributed by atoms with Gasteiger partial charge in [-0.1, -0.05) is 46.9 Å². The van der Waals surface area contributed by atoms with Gasteiger partial charge in [-0.15, -0.1) is 0 Å². The molecule has 1 unspecified atom stereocenters. The Morgan fingerprint density at radius 3 is 2.15 bits per heavy atom. The zero-order valence-electron chi connectivity index (χ0n) is 21.5. The van der Waals surface area contributed by atoms with Gasteiger partial charge < -0.3 is 15.0 Å². The van der Waals surface area contributed by atoms with E-state index in [9.17, 15) is 18.0 Å². The van der Waals surface area contributed by atoms with Gasteiger partial charge in [-0.3, -0.25) is 13.9 Å². The van der Waals surface area contributed by atoms with Crippen LogP contribution >= 0.6 is 34.8 Å². The molecule has 39 heavy (non-hydrogen) atoms. The topological polar surface area (TPSA) is 96.0 Å². The molecule has 0 aliphatic rings. The minimum Gasteiger partial charge on any atom is -0.497 e. The summed E-state index contributed by atoms with van der Waals surface area (Å²) in [5, 5.41) is 3.59. The summed E-state index contributed by atoms with van der Waals surface area (Å²) >= 11 is 18.9. The summed E-state index contributed by atoms with van der Waals surface area (Å²) in [5.74, 6) is -0.596. The Hall–Kier alpha value is -2.98. The minimum absolute atomic E-state index is 0.0615. The summed E-state index contributed by atoms with van der Waals surface area (Å²) < 4.78 is 33.7. The molecule has 3 aromatic carbocycles.